The fourth-order valence-corrected chi connectivity index (χ4v) is 2.34. The second-order valence-corrected chi connectivity index (χ2v) is 5.12. The van der Waals surface area contributed by atoms with E-state index in [1.54, 1.807) is 0 Å². The molecule has 0 spiro atoms. The second-order valence-electron chi connectivity index (χ2n) is 4.21. The minimum absolute atomic E-state index is 0.140. The van der Waals surface area contributed by atoms with Crippen molar-refractivity contribution in [3.05, 3.63) is 40.0 Å². The number of hydrogen-bond donors (Lipinski definition) is 1. The van der Waals surface area contributed by atoms with Gasteiger partial charge < -0.3 is 5.11 Å². The lowest BCUT2D eigenvalue weighted by atomic mass is 9.94. The molecule has 0 saturated carbocycles. The number of nitrogens with zero attached hydrogens (tertiary/aromatic N) is 1. The van der Waals surface area contributed by atoms with Crippen LogP contribution in [0.25, 0.3) is 10.9 Å². The molecule has 4 heteroatoms. The van der Waals surface area contributed by atoms with Gasteiger partial charge in [0.1, 0.15) is 0 Å². The van der Waals surface area contributed by atoms with E-state index in [9.17, 15) is 9.90 Å². The van der Waals surface area contributed by atoms with Crippen molar-refractivity contribution < 1.29 is 9.90 Å². The van der Waals surface area contributed by atoms with Gasteiger partial charge in [0.2, 0.25) is 0 Å². The monoisotopic (exact) mass is 293 g/mol. The summed E-state index contributed by atoms with van der Waals surface area (Å²) in [5.41, 5.74) is 1.94. The van der Waals surface area contributed by atoms with Gasteiger partial charge in [-0.3, -0.25) is 4.98 Å². The average Bonchev–Trinajstić information content (AvgIpc) is 2.26. The van der Waals surface area contributed by atoms with Gasteiger partial charge in [0.05, 0.1) is 11.1 Å². The molecule has 3 nitrogen and oxygen atoms in total. The van der Waals surface area contributed by atoms with E-state index < -0.39 is 5.97 Å². The number of carbonyl (C=O) groups is 1. The number of rotatable bonds is 2. The Hall–Kier alpha value is -1.42. The number of hydrogen-bond acceptors (Lipinski definition) is 2. The molecule has 88 valence electrons. The highest BCUT2D eigenvalue weighted by atomic mass is 79.9. The van der Waals surface area contributed by atoms with Crippen molar-refractivity contribution in [2.24, 2.45) is 0 Å². The zero-order valence-corrected chi connectivity index (χ0v) is 11.2. The quantitative estimate of drug-likeness (QED) is 0.916. The normalized spacial score (nSPS) is 11.1. The van der Waals surface area contributed by atoms with Crippen LogP contribution in [-0.4, -0.2) is 16.1 Å². The van der Waals surface area contributed by atoms with Gasteiger partial charge in [-0.1, -0.05) is 29.8 Å². The maximum Gasteiger partial charge on any atom is 0.337 e. The van der Waals surface area contributed by atoms with Crippen LogP contribution in [0, 0.1) is 0 Å². The Balaban J connectivity index is 2.87. The van der Waals surface area contributed by atoms with Crippen molar-refractivity contribution in [2.45, 2.75) is 19.8 Å². The summed E-state index contributed by atoms with van der Waals surface area (Å²) >= 11 is 3.40. The maximum atomic E-state index is 11.2. The zero-order chi connectivity index (χ0) is 12.6. The van der Waals surface area contributed by atoms with E-state index in [0.717, 1.165) is 20.9 Å². The Bertz CT molecular complexity index is 593. The number of pyridine rings is 1. The molecule has 2 aromatic rings. The summed E-state index contributed by atoms with van der Waals surface area (Å²) < 4.78 is 0.927. The molecule has 0 amide bonds. The van der Waals surface area contributed by atoms with Crippen LogP contribution in [0.15, 0.2) is 28.9 Å². The number of aromatic nitrogens is 1. The summed E-state index contributed by atoms with van der Waals surface area (Å²) in [6, 6.07) is 5.71. The fraction of sp³-hybridized carbons (Fsp3) is 0.231. The van der Waals surface area contributed by atoms with Crippen LogP contribution in [0.1, 0.15) is 35.7 Å². The summed E-state index contributed by atoms with van der Waals surface area (Å²) in [6.07, 6.45) is 1.44. The largest absolute Gasteiger partial charge is 0.478 e. The molecule has 0 aliphatic carbocycles. The topological polar surface area (TPSA) is 50.2 Å². The standard InChI is InChI=1S/C13H12BrNO2/c1-7(2)12-9-5-8(14)3-4-11(9)15-6-10(12)13(16)17/h3-7H,1-2H3,(H,16,17). The predicted molar refractivity (Wildman–Crippen MR) is 70.5 cm³/mol. The molecule has 0 bridgehead atoms. The molecule has 0 aliphatic heterocycles. The van der Waals surface area contributed by atoms with Crippen molar-refractivity contribution in [3.8, 4) is 0 Å². The molecule has 0 atom stereocenters. The van der Waals surface area contributed by atoms with Crippen LogP contribution in [0.3, 0.4) is 0 Å². The maximum absolute atomic E-state index is 11.2. The van der Waals surface area contributed by atoms with Crippen LogP contribution in [0.2, 0.25) is 0 Å². The minimum Gasteiger partial charge on any atom is -0.478 e. The van der Waals surface area contributed by atoms with Gasteiger partial charge in [-0.25, -0.2) is 4.79 Å². The Morgan fingerprint density at radius 1 is 1.41 bits per heavy atom. The van der Waals surface area contributed by atoms with Gasteiger partial charge in [0.25, 0.3) is 0 Å². The predicted octanol–water partition coefficient (Wildman–Crippen LogP) is 3.82. The number of fused-ring (bicyclic) bond motifs is 1. The Kier molecular flexibility index (Phi) is 3.15. The number of halogens is 1. The average molecular weight is 294 g/mol. The minimum atomic E-state index is -0.928. The molecule has 0 unspecified atom stereocenters. The van der Waals surface area contributed by atoms with Gasteiger partial charge in [-0.15, -0.1) is 0 Å². The lowest BCUT2D eigenvalue weighted by Gasteiger charge is -2.13. The Labute approximate surface area is 108 Å². The van der Waals surface area contributed by atoms with Crippen molar-refractivity contribution >= 4 is 32.8 Å². The highest BCUT2D eigenvalue weighted by Crippen LogP contribution is 2.29. The third kappa shape index (κ3) is 2.17. The fourth-order valence-electron chi connectivity index (χ4n) is 1.98. The lowest BCUT2D eigenvalue weighted by Crippen LogP contribution is -2.06. The first kappa shape index (κ1) is 12.0. The Morgan fingerprint density at radius 3 is 2.71 bits per heavy atom. The van der Waals surface area contributed by atoms with Crippen LogP contribution in [0.4, 0.5) is 0 Å². The Morgan fingerprint density at radius 2 is 2.12 bits per heavy atom. The van der Waals surface area contributed by atoms with E-state index in [1.807, 2.05) is 32.0 Å². The van der Waals surface area contributed by atoms with E-state index in [-0.39, 0.29) is 11.5 Å². The van der Waals surface area contributed by atoms with E-state index >= 15 is 0 Å². The third-order valence-corrected chi connectivity index (χ3v) is 3.17. The van der Waals surface area contributed by atoms with Gasteiger partial charge in [-0.2, -0.15) is 0 Å². The summed E-state index contributed by atoms with van der Waals surface area (Å²) in [5, 5.41) is 10.1. The van der Waals surface area contributed by atoms with Gasteiger partial charge >= 0.3 is 5.97 Å². The van der Waals surface area contributed by atoms with E-state index in [1.165, 1.54) is 6.20 Å². The van der Waals surface area contributed by atoms with Crippen LogP contribution < -0.4 is 0 Å². The number of carboxylic acids is 1. The molecule has 0 saturated heterocycles. The number of aromatic carboxylic acids is 1. The number of carboxylic acid groups (broad SMARTS) is 1. The highest BCUT2D eigenvalue weighted by molar-refractivity contribution is 9.10. The van der Waals surface area contributed by atoms with Crippen molar-refractivity contribution in [2.75, 3.05) is 0 Å². The van der Waals surface area contributed by atoms with Crippen molar-refractivity contribution in [1.82, 2.24) is 4.98 Å². The van der Waals surface area contributed by atoms with E-state index in [4.69, 9.17) is 0 Å². The first-order valence-electron chi connectivity index (χ1n) is 5.32. The summed E-state index contributed by atoms with van der Waals surface area (Å²) in [6.45, 7) is 3.98. The van der Waals surface area contributed by atoms with Crippen molar-refractivity contribution in [3.63, 3.8) is 0 Å². The highest BCUT2D eigenvalue weighted by Gasteiger charge is 2.17. The number of benzene rings is 1. The molecule has 1 N–H and O–H groups in total. The first-order chi connectivity index (χ1) is 8.00. The van der Waals surface area contributed by atoms with Crippen LogP contribution >= 0.6 is 15.9 Å². The molecular formula is C13H12BrNO2. The van der Waals surface area contributed by atoms with Gasteiger partial charge in [0, 0.05) is 16.1 Å². The lowest BCUT2D eigenvalue weighted by molar-refractivity contribution is 0.0695. The van der Waals surface area contributed by atoms with Gasteiger partial charge in [-0.05, 0) is 29.7 Å². The van der Waals surface area contributed by atoms with Crippen LogP contribution in [0.5, 0.6) is 0 Å². The molecule has 1 aromatic heterocycles. The van der Waals surface area contributed by atoms with Crippen molar-refractivity contribution in [1.29, 1.82) is 0 Å². The third-order valence-electron chi connectivity index (χ3n) is 2.68. The van der Waals surface area contributed by atoms with Crippen LogP contribution in [-0.2, 0) is 0 Å². The summed E-state index contributed by atoms with van der Waals surface area (Å²) in [7, 11) is 0. The SMILES string of the molecule is CC(C)c1c(C(=O)O)cnc2ccc(Br)cc12. The molecule has 1 heterocycles. The molecule has 0 fully saturated rings. The second kappa shape index (κ2) is 4.45. The van der Waals surface area contributed by atoms with Gasteiger partial charge in [0.15, 0.2) is 0 Å². The smallest absolute Gasteiger partial charge is 0.337 e. The molecule has 2 rings (SSSR count). The molecule has 0 radical (unpaired) electrons. The van der Waals surface area contributed by atoms with E-state index in [2.05, 4.69) is 20.9 Å². The summed E-state index contributed by atoms with van der Waals surface area (Å²) in [5.74, 6) is -0.788. The molecule has 1 aromatic carbocycles. The van der Waals surface area contributed by atoms with E-state index in [0.29, 0.717) is 0 Å². The first-order valence-corrected chi connectivity index (χ1v) is 6.11. The summed E-state index contributed by atoms with van der Waals surface area (Å²) in [4.78, 5) is 15.4. The molecular weight excluding hydrogens is 282 g/mol. The zero-order valence-electron chi connectivity index (χ0n) is 9.57. The molecule has 0 aliphatic rings. The molecule has 17 heavy (non-hydrogen) atoms.